The fourth-order valence-electron chi connectivity index (χ4n) is 2.10. The van der Waals surface area contributed by atoms with Crippen LogP contribution in [0.4, 0.5) is 0 Å². The minimum atomic E-state index is 0.586. The topological polar surface area (TPSA) is 53.1 Å². The van der Waals surface area contributed by atoms with Gasteiger partial charge in [-0.3, -0.25) is 4.68 Å². The third-order valence-corrected chi connectivity index (χ3v) is 3.02. The zero-order valence-electron chi connectivity index (χ0n) is 8.20. The Bertz CT molecular complexity index is 354. The molecule has 1 aromatic heterocycles. The number of nitrogens with two attached hydrogens (primary N) is 1. The number of hydrogen-bond donors (Lipinski definition) is 1. The SMILES string of the molecule is NCc1c2c(nn1C1CC1)CCOC2. The summed E-state index contributed by atoms with van der Waals surface area (Å²) < 4.78 is 7.58. The maximum absolute atomic E-state index is 5.77. The molecule has 76 valence electrons. The highest BCUT2D eigenvalue weighted by Gasteiger charge is 2.30. The Morgan fingerprint density at radius 1 is 1.50 bits per heavy atom. The number of aromatic nitrogens is 2. The maximum atomic E-state index is 5.77. The summed E-state index contributed by atoms with van der Waals surface area (Å²) in [6.45, 7) is 2.09. The highest BCUT2D eigenvalue weighted by molar-refractivity contribution is 5.28. The van der Waals surface area contributed by atoms with Crippen molar-refractivity contribution in [2.45, 2.75) is 38.5 Å². The van der Waals surface area contributed by atoms with Crippen LogP contribution in [0.15, 0.2) is 0 Å². The molecule has 0 bridgehead atoms. The summed E-state index contributed by atoms with van der Waals surface area (Å²) in [6, 6.07) is 0.624. The Morgan fingerprint density at radius 3 is 3.07 bits per heavy atom. The molecule has 0 unspecified atom stereocenters. The van der Waals surface area contributed by atoms with Crippen LogP contribution in [-0.2, 0) is 24.3 Å². The molecule has 0 spiro atoms. The molecule has 2 aliphatic rings. The molecule has 2 heterocycles. The molecule has 1 aliphatic heterocycles. The van der Waals surface area contributed by atoms with E-state index in [1.807, 2.05) is 0 Å². The lowest BCUT2D eigenvalue weighted by Crippen LogP contribution is -2.12. The molecule has 0 amide bonds. The fraction of sp³-hybridized carbons (Fsp3) is 0.700. The van der Waals surface area contributed by atoms with Gasteiger partial charge in [0.2, 0.25) is 0 Å². The molecule has 14 heavy (non-hydrogen) atoms. The van der Waals surface area contributed by atoms with Crippen molar-refractivity contribution in [1.29, 1.82) is 0 Å². The smallest absolute Gasteiger partial charge is 0.0753 e. The van der Waals surface area contributed by atoms with Gasteiger partial charge in [0.05, 0.1) is 30.6 Å². The Balaban J connectivity index is 2.06. The summed E-state index contributed by atoms with van der Waals surface area (Å²) in [5.41, 5.74) is 9.43. The monoisotopic (exact) mass is 193 g/mol. The first-order valence-electron chi connectivity index (χ1n) is 5.27. The molecule has 4 heteroatoms. The molecule has 2 N–H and O–H groups in total. The van der Waals surface area contributed by atoms with Crippen molar-refractivity contribution in [1.82, 2.24) is 9.78 Å². The van der Waals surface area contributed by atoms with Crippen LogP contribution >= 0.6 is 0 Å². The predicted octanol–water partition coefficient (Wildman–Crippen LogP) is 0.749. The summed E-state index contributed by atoms with van der Waals surface area (Å²) in [5.74, 6) is 0. The first-order chi connectivity index (χ1) is 6.90. The molecule has 0 radical (unpaired) electrons. The molecule has 3 rings (SSSR count). The molecule has 0 atom stereocenters. The normalized spacial score (nSPS) is 20.9. The molecule has 1 aliphatic carbocycles. The van der Waals surface area contributed by atoms with Crippen molar-refractivity contribution < 1.29 is 4.74 Å². The second-order valence-corrected chi connectivity index (χ2v) is 4.05. The molecule has 4 nitrogen and oxygen atoms in total. The van der Waals surface area contributed by atoms with E-state index in [4.69, 9.17) is 10.5 Å². The van der Waals surface area contributed by atoms with Gasteiger partial charge in [0, 0.05) is 18.5 Å². The van der Waals surface area contributed by atoms with Crippen LogP contribution in [0.3, 0.4) is 0 Å². The van der Waals surface area contributed by atoms with Crippen molar-refractivity contribution in [3.8, 4) is 0 Å². The van der Waals surface area contributed by atoms with E-state index >= 15 is 0 Å². The van der Waals surface area contributed by atoms with Crippen molar-refractivity contribution in [3.63, 3.8) is 0 Å². The highest BCUT2D eigenvalue weighted by Crippen LogP contribution is 2.37. The lowest BCUT2D eigenvalue weighted by molar-refractivity contribution is 0.109. The van der Waals surface area contributed by atoms with Crippen LogP contribution in [0.2, 0.25) is 0 Å². The second kappa shape index (κ2) is 3.07. The Hall–Kier alpha value is -0.870. The molecule has 1 saturated carbocycles. The predicted molar refractivity (Wildman–Crippen MR) is 51.7 cm³/mol. The van der Waals surface area contributed by atoms with Gasteiger partial charge in [-0.15, -0.1) is 0 Å². The zero-order chi connectivity index (χ0) is 9.54. The fourth-order valence-corrected chi connectivity index (χ4v) is 2.10. The van der Waals surface area contributed by atoms with Gasteiger partial charge in [-0.1, -0.05) is 0 Å². The van der Waals surface area contributed by atoms with Gasteiger partial charge in [0.15, 0.2) is 0 Å². The summed E-state index contributed by atoms with van der Waals surface area (Å²) in [6.07, 6.45) is 3.46. The van der Waals surface area contributed by atoms with Crippen LogP contribution in [-0.4, -0.2) is 16.4 Å². The van der Waals surface area contributed by atoms with E-state index in [9.17, 15) is 0 Å². The van der Waals surface area contributed by atoms with E-state index in [0.717, 1.165) is 13.0 Å². The average molecular weight is 193 g/mol. The van der Waals surface area contributed by atoms with E-state index in [-0.39, 0.29) is 0 Å². The molecule has 0 saturated heterocycles. The lowest BCUT2D eigenvalue weighted by atomic mass is 10.1. The molecule has 0 aromatic carbocycles. The highest BCUT2D eigenvalue weighted by atomic mass is 16.5. The van der Waals surface area contributed by atoms with Crippen LogP contribution in [0, 0.1) is 0 Å². The summed E-state index contributed by atoms with van der Waals surface area (Å²) in [7, 11) is 0. The number of fused-ring (bicyclic) bond motifs is 1. The Kier molecular flexibility index (Phi) is 1.85. The van der Waals surface area contributed by atoms with E-state index < -0.39 is 0 Å². The third-order valence-electron chi connectivity index (χ3n) is 3.02. The van der Waals surface area contributed by atoms with Crippen molar-refractivity contribution in [3.05, 3.63) is 17.0 Å². The summed E-state index contributed by atoms with van der Waals surface area (Å²) >= 11 is 0. The van der Waals surface area contributed by atoms with Gasteiger partial charge in [-0.25, -0.2) is 0 Å². The quantitative estimate of drug-likeness (QED) is 0.754. The third kappa shape index (κ3) is 1.18. The van der Waals surface area contributed by atoms with Crippen molar-refractivity contribution in [2.24, 2.45) is 5.73 Å². The summed E-state index contributed by atoms with van der Waals surface area (Å²) in [4.78, 5) is 0. The van der Waals surface area contributed by atoms with Crippen LogP contribution < -0.4 is 5.73 Å². The number of nitrogens with zero attached hydrogens (tertiary/aromatic N) is 2. The average Bonchev–Trinajstić information content (AvgIpc) is 2.99. The maximum Gasteiger partial charge on any atom is 0.0753 e. The number of ether oxygens (including phenoxy) is 1. The summed E-state index contributed by atoms with van der Waals surface area (Å²) in [5, 5.41) is 4.64. The largest absolute Gasteiger partial charge is 0.376 e. The second-order valence-electron chi connectivity index (χ2n) is 4.05. The van der Waals surface area contributed by atoms with Gasteiger partial charge in [0.1, 0.15) is 0 Å². The molecular formula is C10H15N3O. The van der Waals surface area contributed by atoms with Gasteiger partial charge >= 0.3 is 0 Å². The molecule has 1 aromatic rings. The van der Waals surface area contributed by atoms with Crippen LogP contribution in [0.25, 0.3) is 0 Å². The van der Waals surface area contributed by atoms with E-state index in [0.29, 0.717) is 19.2 Å². The van der Waals surface area contributed by atoms with Gasteiger partial charge in [-0.2, -0.15) is 5.10 Å². The van der Waals surface area contributed by atoms with E-state index in [1.165, 1.54) is 29.8 Å². The molecular weight excluding hydrogens is 178 g/mol. The first-order valence-corrected chi connectivity index (χ1v) is 5.27. The van der Waals surface area contributed by atoms with Crippen molar-refractivity contribution in [2.75, 3.05) is 6.61 Å². The molecule has 1 fully saturated rings. The van der Waals surface area contributed by atoms with E-state index in [1.54, 1.807) is 0 Å². The number of hydrogen-bond acceptors (Lipinski definition) is 3. The van der Waals surface area contributed by atoms with Crippen molar-refractivity contribution >= 4 is 0 Å². The van der Waals surface area contributed by atoms with Crippen LogP contribution in [0.1, 0.15) is 35.8 Å². The lowest BCUT2D eigenvalue weighted by Gasteiger charge is -2.11. The van der Waals surface area contributed by atoms with Crippen LogP contribution in [0.5, 0.6) is 0 Å². The van der Waals surface area contributed by atoms with Gasteiger partial charge in [-0.05, 0) is 12.8 Å². The Morgan fingerprint density at radius 2 is 2.36 bits per heavy atom. The minimum absolute atomic E-state index is 0.586. The first kappa shape index (κ1) is 8.44. The zero-order valence-corrected chi connectivity index (χ0v) is 8.20. The van der Waals surface area contributed by atoms with Gasteiger partial charge in [0.25, 0.3) is 0 Å². The minimum Gasteiger partial charge on any atom is -0.376 e. The van der Waals surface area contributed by atoms with E-state index in [2.05, 4.69) is 9.78 Å². The Labute approximate surface area is 83.0 Å². The van der Waals surface area contributed by atoms with Gasteiger partial charge < -0.3 is 10.5 Å². The standard InChI is InChI=1S/C10H15N3O/c11-5-10-8-6-14-4-3-9(8)12-13(10)7-1-2-7/h7H,1-6,11H2. The number of rotatable bonds is 2.